The number of methoxy groups -OCH3 is 2. The maximum atomic E-state index is 13.6. The van der Waals surface area contributed by atoms with Crippen LogP contribution in [0.1, 0.15) is 39.9 Å². The SMILES string of the molecule is C=C1CCc2ccc(OC)c(F)c21.COc1ccc2c(c1F)C(=O)CC2. The van der Waals surface area contributed by atoms with Crippen LogP contribution in [0.5, 0.6) is 11.5 Å². The average molecular weight is 358 g/mol. The number of hydrogen-bond donors (Lipinski definition) is 0. The summed E-state index contributed by atoms with van der Waals surface area (Å²) in [6, 6.07) is 6.90. The largest absolute Gasteiger partial charge is 0.494 e. The van der Waals surface area contributed by atoms with Crippen LogP contribution in [0.25, 0.3) is 5.57 Å². The van der Waals surface area contributed by atoms with Gasteiger partial charge in [-0.05, 0) is 48.1 Å². The van der Waals surface area contributed by atoms with Crippen LogP contribution in [-0.2, 0) is 12.8 Å². The fraction of sp³-hybridized carbons (Fsp3) is 0.286. The summed E-state index contributed by atoms with van der Waals surface area (Å²) in [5, 5.41) is 0. The standard InChI is InChI=1S/C11H11FO.C10H9FO2/c1-7-3-4-8-5-6-9(13-2)11(12)10(7)8;1-13-8-5-3-6-2-4-7(12)9(6)10(8)11/h5-6H,1,3-4H2,2H3;3,5H,2,4H2,1H3. The highest BCUT2D eigenvalue weighted by atomic mass is 19.1. The van der Waals surface area contributed by atoms with E-state index >= 15 is 0 Å². The van der Waals surface area contributed by atoms with Crippen molar-refractivity contribution in [1.29, 1.82) is 0 Å². The molecule has 0 aromatic heterocycles. The first-order valence-electron chi connectivity index (χ1n) is 8.40. The number of carbonyl (C=O) groups is 1. The molecule has 0 radical (unpaired) electrons. The molecule has 136 valence electrons. The summed E-state index contributed by atoms with van der Waals surface area (Å²) in [6.45, 7) is 3.84. The molecule has 2 aromatic rings. The van der Waals surface area contributed by atoms with E-state index in [1.807, 2.05) is 6.07 Å². The van der Waals surface area contributed by atoms with E-state index < -0.39 is 5.82 Å². The molecule has 0 aliphatic heterocycles. The molecule has 0 saturated carbocycles. The van der Waals surface area contributed by atoms with Crippen LogP contribution in [0, 0.1) is 11.6 Å². The van der Waals surface area contributed by atoms with Gasteiger partial charge in [-0.1, -0.05) is 18.7 Å². The normalized spacial score (nSPS) is 14.5. The van der Waals surface area contributed by atoms with E-state index in [0.29, 0.717) is 24.2 Å². The summed E-state index contributed by atoms with van der Waals surface area (Å²) in [7, 11) is 2.87. The lowest BCUT2D eigenvalue weighted by Gasteiger charge is -2.06. The van der Waals surface area contributed by atoms with Crippen molar-refractivity contribution < 1.29 is 23.0 Å². The van der Waals surface area contributed by atoms with Gasteiger partial charge in [-0.25, -0.2) is 8.78 Å². The van der Waals surface area contributed by atoms with Gasteiger partial charge in [-0.15, -0.1) is 0 Å². The molecule has 0 unspecified atom stereocenters. The van der Waals surface area contributed by atoms with Crippen LogP contribution >= 0.6 is 0 Å². The minimum atomic E-state index is -0.512. The first kappa shape index (κ1) is 18.1. The Morgan fingerprint density at radius 2 is 1.31 bits per heavy atom. The topological polar surface area (TPSA) is 35.5 Å². The number of rotatable bonds is 2. The molecule has 4 rings (SSSR count). The number of allylic oxidation sites excluding steroid dienone is 1. The Balaban J connectivity index is 0.000000151. The second-order valence-electron chi connectivity index (χ2n) is 6.26. The van der Waals surface area contributed by atoms with Crippen molar-refractivity contribution in [2.45, 2.75) is 25.7 Å². The van der Waals surface area contributed by atoms with Gasteiger partial charge in [0.2, 0.25) is 0 Å². The molecule has 5 heteroatoms. The number of halogens is 2. The zero-order valence-electron chi connectivity index (χ0n) is 14.8. The van der Waals surface area contributed by atoms with Gasteiger partial charge in [0.15, 0.2) is 28.9 Å². The Hall–Kier alpha value is -2.69. The Bertz CT molecular complexity index is 814. The first-order chi connectivity index (χ1) is 12.5. The van der Waals surface area contributed by atoms with Crippen LogP contribution in [0.4, 0.5) is 8.78 Å². The highest BCUT2D eigenvalue weighted by Gasteiger charge is 2.25. The Labute approximate surface area is 151 Å². The molecule has 2 aromatic carbocycles. The fourth-order valence-electron chi connectivity index (χ4n) is 3.39. The lowest BCUT2D eigenvalue weighted by atomic mass is 10.1. The van der Waals surface area contributed by atoms with E-state index in [4.69, 9.17) is 9.47 Å². The fourth-order valence-corrected chi connectivity index (χ4v) is 3.39. The summed E-state index contributed by atoms with van der Waals surface area (Å²) in [4.78, 5) is 11.3. The quantitative estimate of drug-likeness (QED) is 0.777. The smallest absolute Gasteiger partial charge is 0.176 e. The number of fused-ring (bicyclic) bond motifs is 2. The minimum absolute atomic E-state index is 0.119. The van der Waals surface area contributed by atoms with Crippen molar-refractivity contribution in [3.8, 4) is 11.5 Å². The van der Waals surface area contributed by atoms with E-state index in [0.717, 1.165) is 29.5 Å². The molecule has 0 amide bonds. The summed E-state index contributed by atoms with van der Waals surface area (Å²) < 4.78 is 36.8. The van der Waals surface area contributed by atoms with E-state index in [1.54, 1.807) is 18.2 Å². The van der Waals surface area contributed by atoms with E-state index in [9.17, 15) is 13.6 Å². The molecule has 26 heavy (non-hydrogen) atoms. The van der Waals surface area contributed by atoms with Crippen LogP contribution in [0.15, 0.2) is 30.8 Å². The first-order valence-corrected chi connectivity index (χ1v) is 8.40. The molecule has 0 spiro atoms. The van der Waals surface area contributed by atoms with Gasteiger partial charge >= 0.3 is 0 Å². The molecule has 2 aliphatic carbocycles. The van der Waals surface area contributed by atoms with Gasteiger partial charge in [-0.3, -0.25) is 4.79 Å². The summed E-state index contributed by atoms with van der Waals surface area (Å²) in [5.41, 5.74) is 3.61. The monoisotopic (exact) mass is 358 g/mol. The summed E-state index contributed by atoms with van der Waals surface area (Å²) in [5.74, 6) is -0.438. The minimum Gasteiger partial charge on any atom is -0.494 e. The maximum absolute atomic E-state index is 13.6. The van der Waals surface area contributed by atoms with Crippen LogP contribution in [0.3, 0.4) is 0 Å². The zero-order valence-corrected chi connectivity index (χ0v) is 14.8. The molecule has 3 nitrogen and oxygen atoms in total. The molecule has 2 aliphatic rings. The number of hydrogen-bond acceptors (Lipinski definition) is 3. The average Bonchev–Trinajstić information content (AvgIpc) is 3.20. The number of ketones is 1. The molecule has 0 bridgehead atoms. The maximum Gasteiger partial charge on any atom is 0.176 e. The van der Waals surface area contributed by atoms with E-state index in [-0.39, 0.29) is 22.9 Å². The van der Waals surface area contributed by atoms with Gasteiger partial charge in [0.25, 0.3) is 0 Å². The van der Waals surface area contributed by atoms with Crippen molar-refractivity contribution in [2.75, 3.05) is 14.2 Å². The molecular formula is C21H20F2O3. The highest BCUT2D eigenvalue weighted by molar-refractivity contribution is 6.01. The third-order valence-corrected chi connectivity index (χ3v) is 4.78. The molecule has 0 N–H and O–H groups in total. The predicted molar refractivity (Wildman–Crippen MR) is 95.9 cm³/mol. The Morgan fingerprint density at radius 1 is 0.808 bits per heavy atom. The van der Waals surface area contributed by atoms with Crippen molar-refractivity contribution in [3.63, 3.8) is 0 Å². The van der Waals surface area contributed by atoms with Crippen LogP contribution in [0.2, 0.25) is 0 Å². The second kappa shape index (κ2) is 7.28. The highest BCUT2D eigenvalue weighted by Crippen LogP contribution is 2.36. The number of benzene rings is 2. The number of Topliss-reactive ketones (excluding diaryl/α,β-unsaturated/α-hetero) is 1. The Kier molecular flexibility index (Phi) is 5.07. The predicted octanol–water partition coefficient (Wildman–Crippen LogP) is 4.76. The summed E-state index contributed by atoms with van der Waals surface area (Å²) in [6.07, 6.45) is 2.82. The zero-order chi connectivity index (χ0) is 18.8. The number of aryl methyl sites for hydroxylation is 2. The molecule has 0 atom stereocenters. The van der Waals surface area contributed by atoms with E-state index in [1.165, 1.54) is 14.2 Å². The van der Waals surface area contributed by atoms with Gasteiger partial charge in [0, 0.05) is 12.0 Å². The molecular weight excluding hydrogens is 338 g/mol. The number of carbonyl (C=O) groups excluding carboxylic acids is 1. The van der Waals surface area contributed by atoms with Crippen LogP contribution in [-0.4, -0.2) is 20.0 Å². The third kappa shape index (κ3) is 3.09. The van der Waals surface area contributed by atoms with Gasteiger partial charge in [-0.2, -0.15) is 0 Å². The number of ether oxygens (including phenoxy) is 2. The van der Waals surface area contributed by atoms with Gasteiger partial charge in [0.05, 0.1) is 19.8 Å². The molecule has 0 fully saturated rings. The molecule has 0 heterocycles. The van der Waals surface area contributed by atoms with Gasteiger partial charge in [0.1, 0.15) is 0 Å². The molecule has 0 saturated heterocycles. The van der Waals surface area contributed by atoms with E-state index in [2.05, 4.69) is 6.58 Å². The van der Waals surface area contributed by atoms with Crippen LogP contribution < -0.4 is 9.47 Å². The second-order valence-corrected chi connectivity index (χ2v) is 6.26. The van der Waals surface area contributed by atoms with Crippen molar-refractivity contribution in [2.24, 2.45) is 0 Å². The summed E-state index contributed by atoms with van der Waals surface area (Å²) >= 11 is 0. The lowest BCUT2D eigenvalue weighted by molar-refractivity contribution is 0.0990. The van der Waals surface area contributed by atoms with Gasteiger partial charge < -0.3 is 9.47 Å². The van der Waals surface area contributed by atoms with Crippen molar-refractivity contribution >= 4 is 11.4 Å². The third-order valence-electron chi connectivity index (χ3n) is 4.78. The van der Waals surface area contributed by atoms with Crippen molar-refractivity contribution in [1.82, 2.24) is 0 Å². The van der Waals surface area contributed by atoms with Crippen molar-refractivity contribution in [3.05, 3.63) is 64.7 Å². The lowest BCUT2D eigenvalue weighted by Crippen LogP contribution is -1.99. The Morgan fingerprint density at radius 3 is 1.88 bits per heavy atom.